The number of carbonyl (C=O) groups is 1. The summed E-state index contributed by atoms with van der Waals surface area (Å²) >= 11 is 0. The normalized spacial score (nSPS) is 27.1. The molecule has 0 spiro atoms. The lowest BCUT2D eigenvalue weighted by molar-refractivity contribution is -0.137. The van der Waals surface area contributed by atoms with Crippen molar-refractivity contribution in [2.75, 3.05) is 12.9 Å². The highest BCUT2D eigenvalue weighted by atomic mass is 32.2. The molecule has 0 aromatic rings. The van der Waals surface area contributed by atoms with Gasteiger partial charge in [0.05, 0.1) is 12.4 Å². The summed E-state index contributed by atoms with van der Waals surface area (Å²) in [6.45, 7) is 0. The fourth-order valence-electron chi connectivity index (χ4n) is 2.08. The summed E-state index contributed by atoms with van der Waals surface area (Å²) in [5, 5.41) is -0.589. The Hall–Kier alpha value is -0.620. The standard InChI is InChI=1S/C10H19NO4S/c1-15-10(12)7-16(13,14)9-6-4-2-3-5-8(9)11/h8-9H,2-7,11H2,1H3. The maximum absolute atomic E-state index is 11.9. The number of hydrogen-bond donors (Lipinski definition) is 1. The Balaban J connectivity index is 2.76. The maximum Gasteiger partial charge on any atom is 0.320 e. The van der Waals surface area contributed by atoms with Crippen LogP contribution in [0.15, 0.2) is 0 Å². The molecule has 94 valence electrons. The van der Waals surface area contributed by atoms with Crippen molar-refractivity contribution in [3.05, 3.63) is 0 Å². The topological polar surface area (TPSA) is 86.5 Å². The lowest BCUT2D eigenvalue weighted by atomic mass is 10.1. The van der Waals surface area contributed by atoms with Crippen LogP contribution in [0.3, 0.4) is 0 Å². The van der Waals surface area contributed by atoms with Crippen LogP contribution in [-0.2, 0) is 19.4 Å². The van der Waals surface area contributed by atoms with Gasteiger partial charge in [-0.3, -0.25) is 4.79 Å². The Morgan fingerprint density at radius 2 is 1.94 bits per heavy atom. The van der Waals surface area contributed by atoms with Gasteiger partial charge in [-0.15, -0.1) is 0 Å². The van der Waals surface area contributed by atoms with E-state index >= 15 is 0 Å². The van der Waals surface area contributed by atoms with E-state index in [0.717, 1.165) is 19.3 Å². The molecule has 2 atom stereocenters. The van der Waals surface area contributed by atoms with Gasteiger partial charge in [-0.2, -0.15) is 0 Å². The van der Waals surface area contributed by atoms with E-state index in [9.17, 15) is 13.2 Å². The number of sulfone groups is 1. The Morgan fingerprint density at radius 3 is 2.56 bits per heavy atom. The monoisotopic (exact) mass is 249 g/mol. The third-order valence-corrected chi connectivity index (χ3v) is 5.16. The first-order valence-electron chi connectivity index (χ1n) is 5.51. The first-order valence-corrected chi connectivity index (χ1v) is 7.23. The van der Waals surface area contributed by atoms with Gasteiger partial charge >= 0.3 is 5.97 Å². The van der Waals surface area contributed by atoms with Crippen LogP contribution in [0.5, 0.6) is 0 Å². The number of ether oxygens (including phenoxy) is 1. The van der Waals surface area contributed by atoms with Crippen LogP contribution >= 0.6 is 0 Å². The van der Waals surface area contributed by atoms with Crippen LogP contribution < -0.4 is 5.73 Å². The Labute approximate surface area is 96.3 Å². The minimum absolute atomic E-state index is 0.350. The maximum atomic E-state index is 11.9. The summed E-state index contributed by atoms with van der Waals surface area (Å²) in [6.07, 6.45) is 4.10. The van der Waals surface area contributed by atoms with E-state index in [2.05, 4.69) is 4.74 Å². The predicted octanol–water partition coefficient (Wildman–Crippen LogP) is 0.234. The molecule has 2 N–H and O–H groups in total. The molecule has 1 aliphatic rings. The highest BCUT2D eigenvalue weighted by Gasteiger charge is 2.33. The summed E-state index contributed by atoms with van der Waals surface area (Å²) in [5.41, 5.74) is 5.85. The first-order chi connectivity index (χ1) is 7.47. The lowest BCUT2D eigenvalue weighted by Gasteiger charge is -2.20. The minimum atomic E-state index is -3.47. The summed E-state index contributed by atoms with van der Waals surface area (Å²) in [7, 11) is -2.28. The van der Waals surface area contributed by atoms with Gasteiger partial charge in [-0.25, -0.2) is 8.42 Å². The molecule has 16 heavy (non-hydrogen) atoms. The van der Waals surface area contributed by atoms with E-state index in [4.69, 9.17) is 5.73 Å². The molecule has 0 saturated heterocycles. The van der Waals surface area contributed by atoms with Crippen molar-refractivity contribution in [2.45, 2.75) is 43.4 Å². The average Bonchev–Trinajstić information content (AvgIpc) is 2.42. The average molecular weight is 249 g/mol. The molecular weight excluding hydrogens is 230 g/mol. The van der Waals surface area contributed by atoms with E-state index in [-0.39, 0.29) is 6.04 Å². The summed E-state index contributed by atoms with van der Waals surface area (Å²) < 4.78 is 28.3. The second-order valence-corrected chi connectivity index (χ2v) is 6.44. The second kappa shape index (κ2) is 5.63. The smallest absolute Gasteiger partial charge is 0.320 e. The molecule has 0 aliphatic heterocycles. The number of hydrogen-bond acceptors (Lipinski definition) is 5. The molecule has 0 aromatic carbocycles. The van der Waals surface area contributed by atoms with E-state index in [0.29, 0.717) is 12.8 Å². The molecule has 0 heterocycles. The lowest BCUT2D eigenvalue weighted by Crippen LogP contribution is -2.42. The zero-order valence-electron chi connectivity index (χ0n) is 9.52. The molecule has 2 unspecified atom stereocenters. The highest BCUT2D eigenvalue weighted by Crippen LogP contribution is 2.23. The van der Waals surface area contributed by atoms with E-state index in [1.54, 1.807) is 0 Å². The van der Waals surface area contributed by atoms with Gasteiger partial charge in [0.2, 0.25) is 0 Å². The number of nitrogens with two attached hydrogens (primary N) is 1. The Kier molecular flexibility index (Phi) is 4.73. The van der Waals surface area contributed by atoms with E-state index in [1.807, 2.05) is 0 Å². The third kappa shape index (κ3) is 3.45. The molecule has 1 fully saturated rings. The molecule has 6 heteroatoms. The van der Waals surface area contributed by atoms with Crippen molar-refractivity contribution in [1.82, 2.24) is 0 Å². The van der Waals surface area contributed by atoms with Crippen molar-refractivity contribution in [3.8, 4) is 0 Å². The summed E-state index contributed by atoms with van der Waals surface area (Å²) in [4.78, 5) is 11.0. The summed E-state index contributed by atoms with van der Waals surface area (Å²) in [6, 6.07) is -0.350. The van der Waals surface area contributed by atoms with Crippen molar-refractivity contribution >= 4 is 15.8 Å². The molecule has 5 nitrogen and oxygen atoms in total. The number of rotatable bonds is 3. The Morgan fingerprint density at radius 1 is 1.31 bits per heavy atom. The number of methoxy groups -OCH3 is 1. The third-order valence-electron chi connectivity index (χ3n) is 3.01. The van der Waals surface area contributed by atoms with Crippen LogP contribution in [0.25, 0.3) is 0 Å². The molecule has 0 bridgehead atoms. The highest BCUT2D eigenvalue weighted by molar-refractivity contribution is 7.92. The summed E-state index contributed by atoms with van der Waals surface area (Å²) in [5.74, 6) is -1.27. The van der Waals surface area contributed by atoms with Crippen LogP contribution in [0, 0.1) is 0 Å². The Bertz CT molecular complexity index is 339. The van der Waals surface area contributed by atoms with Crippen LogP contribution in [0.4, 0.5) is 0 Å². The molecule has 0 radical (unpaired) electrons. The molecular formula is C10H19NO4S. The van der Waals surface area contributed by atoms with Crippen molar-refractivity contribution < 1.29 is 17.9 Å². The minimum Gasteiger partial charge on any atom is -0.468 e. The molecule has 0 aromatic heterocycles. The molecule has 1 aliphatic carbocycles. The van der Waals surface area contributed by atoms with E-state index in [1.165, 1.54) is 7.11 Å². The van der Waals surface area contributed by atoms with Gasteiger partial charge in [0, 0.05) is 6.04 Å². The van der Waals surface area contributed by atoms with Gasteiger partial charge in [0.1, 0.15) is 5.75 Å². The largest absolute Gasteiger partial charge is 0.468 e. The molecule has 1 rings (SSSR count). The van der Waals surface area contributed by atoms with E-state index < -0.39 is 26.8 Å². The van der Waals surface area contributed by atoms with Crippen LogP contribution in [-0.4, -0.2) is 38.5 Å². The van der Waals surface area contributed by atoms with Gasteiger partial charge in [-0.05, 0) is 12.8 Å². The fraction of sp³-hybridized carbons (Fsp3) is 0.900. The number of carbonyl (C=O) groups excluding carboxylic acids is 1. The predicted molar refractivity (Wildman–Crippen MR) is 60.7 cm³/mol. The van der Waals surface area contributed by atoms with Gasteiger partial charge in [-0.1, -0.05) is 19.3 Å². The van der Waals surface area contributed by atoms with Crippen molar-refractivity contribution in [2.24, 2.45) is 5.73 Å². The molecule has 0 amide bonds. The fourth-order valence-corrected chi connectivity index (χ4v) is 3.93. The number of esters is 1. The zero-order valence-corrected chi connectivity index (χ0v) is 10.3. The van der Waals surface area contributed by atoms with Gasteiger partial charge in [0.25, 0.3) is 0 Å². The van der Waals surface area contributed by atoms with Crippen molar-refractivity contribution in [3.63, 3.8) is 0 Å². The first kappa shape index (κ1) is 13.4. The van der Waals surface area contributed by atoms with Gasteiger partial charge < -0.3 is 10.5 Å². The second-order valence-electron chi connectivity index (χ2n) is 4.22. The van der Waals surface area contributed by atoms with Crippen LogP contribution in [0.2, 0.25) is 0 Å². The van der Waals surface area contributed by atoms with Crippen LogP contribution in [0.1, 0.15) is 32.1 Å². The zero-order chi connectivity index (χ0) is 12.2. The van der Waals surface area contributed by atoms with Crippen molar-refractivity contribution in [1.29, 1.82) is 0 Å². The quantitative estimate of drug-likeness (QED) is 0.571. The SMILES string of the molecule is COC(=O)CS(=O)(=O)C1CCCCCC1N. The van der Waals surface area contributed by atoms with Gasteiger partial charge in [0.15, 0.2) is 9.84 Å². The molecule has 1 saturated carbocycles.